The maximum atomic E-state index is 12.9. The van der Waals surface area contributed by atoms with Gasteiger partial charge in [0.15, 0.2) is 11.6 Å². The van der Waals surface area contributed by atoms with Crippen LogP contribution in [0.2, 0.25) is 0 Å². The predicted octanol–water partition coefficient (Wildman–Crippen LogP) is 3.21. The van der Waals surface area contributed by atoms with Crippen molar-refractivity contribution in [2.45, 2.75) is 27.2 Å². The summed E-state index contributed by atoms with van der Waals surface area (Å²) in [4.78, 5) is 4.52. The maximum absolute atomic E-state index is 12.9. The first kappa shape index (κ1) is 12.7. The molecule has 0 radical (unpaired) electrons. The van der Waals surface area contributed by atoms with Crippen LogP contribution in [0.3, 0.4) is 0 Å². The molecule has 0 aliphatic carbocycles. The molecule has 0 atom stereocenters. The molecule has 2 rings (SSSR count). The molecule has 0 saturated heterocycles. The molecule has 18 heavy (non-hydrogen) atoms. The summed E-state index contributed by atoms with van der Waals surface area (Å²) in [6.45, 7) is 6.46. The molecule has 4 heteroatoms. The average Bonchev–Trinajstić information content (AvgIpc) is 2.58. The van der Waals surface area contributed by atoms with E-state index in [0.29, 0.717) is 0 Å². The van der Waals surface area contributed by atoms with Gasteiger partial charge in [0.2, 0.25) is 0 Å². The second-order valence-electron chi connectivity index (χ2n) is 5.72. The summed E-state index contributed by atoms with van der Waals surface area (Å²) in [5.74, 6) is 1.36. The number of aryl methyl sites for hydroxylation is 1. The molecule has 0 fully saturated rings. The van der Waals surface area contributed by atoms with Crippen molar-refractivity contribution in [1.29, 1.82) is 0 Å². The highest BCUT2D eigenvalue weighted by molar-refractivity contribution is 5.54. The van der Waals surface area contributed by atoms with Gasteiger partial charge in [-0.05, 0) is 29.7 Å². The van der Waals surface area contributed by atoms with E-state index in [4.69, 9.17) is 0 Å². The van der Waals surface area contributed by atoms with E-state index in [-0.39, 0.29) is 11.2 Å². The van der Waals surface area contributed by atoms with Gasteiger partial charge in [-0.2, -0.15) is 5.10 Å². The van der Waals surface area contributed by atoms with E-state index < -0.39 is 0 Å². The van der Waals surface area contributed by atoms with Gasteiger partial charge < -0.3 is 0 Å². The first-order valence-corrected chi connectivity index (χ1v) is 6.01. The van der Waals surface area contributed by atoms with Crippen molar-refractivity contribution in [3.63, 3.8) is 0 Å². The van der Waals surface area contributed by atoms with Crippen LogP contribution in [0.5, 0.6) is 0 Å². The normalized spacial score (nSPS) is 11.8. The van der Waals surface area contributed by atoms with Gasteiger partial charge in [0.1, 0.15) is 5.82 Å². The first-order valence-electron chi connectivity index (χ1n) is 6.01. The summed E-state index contributed by atoms with van der Waals surface area (Å²) < 4.78 is 14.6. The van der Waals surface area contributed by atoms with Crippen LogP contribution in [0.1, 0.15) is 26.6 Å². The van der Waals surface area contributed by atoms with Gasteiger partial charge in [-0.3, -0.25) is 0 Å². The summed E-state index contributed by atoms with van der Waals surface area (Å²) in [7, 11) is 1.86. The number of nitrogens with zero attached hydrogens (tertiary/aromatic N) is 3. The van der Waals surface area contributed by atoms with E-state index in [1.165, 1.54) is 12.1 Å². The minimum Gasteiger partial charge on any atom is -0.249 e. The Kier molecular flexibility index (Phi) is 3.20. The van der Waals surface area contributed by atoms with Crippen LogP contribution < -0.4 is 0 Å². The molecule has 1 heterocycles. The Morgan fingerprint density at radius 2 is 1.78 bits per heavy atom. The van der Waals surface area contributed by atoms with Gasteiger partial charge in [0.05, 0.1) is 0 Å². The summed E-state index contributed by atoms with van der Waals surface area (Å²) in [5, 5.41) is 4.41. The van der Waals surface area contributed by atoms with Gasteiger partial charge in [0, 0.05) is 19.0 Å². The van der Waals surface area contributed by atoms with Gasteiger partial charge in [-0.15, -0.1) is 0 Å². The van der Waals surface area contributed by atoms with E-state index >= 15 is 0 Å². The highest BCUT2D eigenvalue weighted by atomic mass is 19.1. The van der Waals surface area contributed by atoms with Crippen molar-refractivity contribution in [3.05, 3.63) is 35.9 Å². The summed E-state index contributed by atoms with van der Waals surface area (Å²) in [6.07, 6.45) is 0.821. The Morgan fingerprint density at radius 3 is 2.33 bits per heavy atom. The third-order valence-electron chi connectivity index (χ3n) is 2.60. The van der Waals surface area contributed by atoms with Gasteiger partial charge >= 0.3 is 0 Å². The first-order chi connectivity index (χ1) is 8.35. The molecule has 0 unspecified atom stereocenters. The maximum Gasteiger partial charge on any atom is 0.158 e. The molecule has 0 bridgehead atoms. The molecule has 3 nitrogen and oxygen atoms in total. The van der Waals surface area contributed by atoms with Crippen molar-refractivity contribution in [2.24, 2.45) is 12.5 Å². The quantitative estimate of drug-likeness (QED) is 0.815. The van der Waals surface area contributed by atoms with Crippen LogP contribution in [0.4, 0.5) is 4.39 Å². The molecule has 0 spiro atoms. The van der Waals surface area contributed by atoms with Crippen LogP contribution in [-0.2, 0) is 13.5 Å². The smallest absolute Gasteiger partial charge is 0.158 e. The topological polar surface area (TPSA) is 30.7 Å². The highest BCUT2D eigenvalue weighted by Crippen LogP contribution is 2.22. The van der Waals surface area contributed by atoms with E-state index in [0.717, 1.165) is 23.6 Å². The largest absolute Gasteiger partial charge is 0.249 e. The second-order valence-corrected chi connectivity index (χ2v) is 5.72. The summed E-state index contributed by atoms with van der Waals surface area (Å²) in [5.41, 5.74) is 1.04. The molecule has 1 aromatic carbocycles. The van der Waals surface area contributed by atoms with E-state index in [9.17, 15) is 4.39 Å². The van der Waals surface area contributed by atoms with Crippen LogP contribution >= 0.6 is 0 Å². The third kappa shape index (κ3) is 2.94. The van der Waals surface area contributed by atoms with Gasteiger partial charge in [-0.1, -0.05) is 20.8 Å². The molecule has 0 aliphatic rings. The van der Waals surface area contributed by atoms with E-state index in [2.05, 4.69) is 30.9 Å². The van der Waals surface area contributed by atoms with Crippen LogP contribution in [-0.4, -0.2) is 14.8 Å². The Morgan fingerprint density at radius 1 is 1.17 bits per heavy atom. The van der Waals surface area contributed by atoms with Crippen molar-refractivity contribution in [3.8, 4) is 11.4 Å². The Balaban J connectivity index is 2.32. The van der Waals surface area contributed by atoms with Crippen LogP contribution in [0, 0.1) is 11.2 Å². The molecule has 96 valence electrons. The SMILES string of the molecule is Cn1nc(CC(C)(C)C)nc1-c1ccc(F)cc1. The van der Waals surface area contributed by atoms with Crippen molar-refractivity contribution in [1.82, 2.24) is 14.8 Å². The number of aromatic nitrogens is 3. The number of hydrogen-bond donors (Lipinski definition) is 0. The lowest BCUT2D eigenvalue weighted by atomic mass is 9.92. The molecule has 2 aromatic rings. The zero-order valence-electron chi connectivity index (χ0n) is 11.2. The minimum absolute atomic E-state index is 0.154. The van der Waals surface area contributed by atoms with Crippen molar-refractivity contribution in [2.75, 3.05) is 0 Å². The Hall–Kier alpha value is -1.71. The highest BCUT2D eigenvalue weighted by Gasteiger charge is 2.16. The fraction of sp³-hybridized carbons (Fsp3) is 0.429. The van der Waals surface area contributed by atoms with Crippen LogP contribution in [0.15, 0.2) is 24.3 Å². The molecule has 1 aromatic heterocycles. The lowest BCUT2D eigenvalue weighted by Crippen LogP contribution is -2.10. The summed E-state index contributed by atoms with van der Waals surface area (Å²) in [6, 6.07) is 6.32. The molecular weight excluding hydrogens is 229 g/mol. The predicted molar refractivity (Wildman–Crippen MR) is 69.6 cm³/mol. The second kappa shape index (κ2) is 4.52. The Bertz CT molecular complexity index is 535. The van der Waals surface area contributed by atoms with Gasteiger partial charge in [0.25, 0.3) is 0 Å². The molecule has 0 N–H and O–H groups in total. The molecular formula is C14H18FN3. The van der Waals surface area contributed by atoms with E-state index in [1.54, 1.807) is 16.8 Å². The summed E-state index contributed by atoms with van der Waals surface area (Å²) >= 11 is 0. The Labute approximate surface area is 107 Å². The number of hydrogen-bond acceptors (Lipinski definition) is 2. The zero-order valence-corrected chi connectivity index (χ0v) is 11.2. The van der Waals surface area contributed by atoms with Gasteiger partial charge in [-0.25, -0.2) is 14.1 Å². The molecule has 0 saturated carbocycles. The minimum atomic E-state index is -0.240. The van der Waals surface area contributed by atoms with Crippen molar-refractivity contribution >= 4 is 0 Å². The zero-order chi connectivity index (χ0) is 13.3. The number of halogens is 1. The number of benzene rings is 1. The number of rotatable bonds is 2. The standard InChI is InChI=1S/C14H18FN3/c1-14(2,3)9-12-16-13(18(4)17-12)10-5-7-11(15)8-6-10/h5-8H,9H2,1-4H3. The third-order valence-corrected chi connectivity index (χ3v) is 2.60. The van der Waals surface area contributed by atoms with E-state index in [1.807, 2.05) is 7.05 Å². The fourth-order valence-corrected chi connectivity index (χ4v) is 1.84. The monoisotopic (exact) mass is 247 g/mol. The average molecular weight is 247 g/mol. The van der Waals surface area contributed by atoms with Crippen molar-refractivity contribution < 1.29 is 4.39 Å². The van der Waals surface area contributed by atoms with Crippen LogP contribution in [0.25, 0.3) is 11.4 Å². The molecule has 0 amide bonds. The lowest BCUT2D eigenvalue weighted by Gasteiger charge is -2.14. The lowest BCUT2D eigenvalue weighted by molar-refractivity contribution is 0.400. The fourth-order valence-electron chi connectivity index (χ4n) is 1.84. The molecule has 0 aliphatic heterocycles.